The summed E-state index contributed by atoms with van der Waals surface area (Å²) < 4.78 is 17.8. The molecule has 6 heteroatoms. The third kappa shape index (κ3) is 4.75. The fourth-order valence-electron chi connectivity index (χ4n) is 1.83. The number of methoxy groups -OCH3 is 1. The van der Waals surface area contributed by atoms with E-state index in [1.807, 2.05) is 12.3 Å². The van der Waals surface area contributed by atoms with Crippen LogP contribution < -0.4 is 5.32 Å². The van der Waals surface area contributed by atoms with Crippen molar-refractivity contribution in [3.63, 3.8) is 0 Å². The van der Waals surface area contributed by atoms with Gasteiger partial charge in [0.1, 0.15) is 10.8 Å². The molecule has 1 heterocycles. The van der Waals surface area contributed by atoms with Crippen molar-refractivity contribution in [2.45, 2.75) is 13.0 Å². The van der Waals surface area contributed by atoms with Gasteiger partial charge >= 0.3 is 0 Å². The van der Waals surface area contributed by atoms with E-state index >= 15 is 0 Å². The zero-order valence-electron chi connectivity index (χ0n) is 12.4. The second-order valence-electron chi connectivity index (χ2n) is 4.78. The second-order valence-corrected chi connectivity index (χ2v) is 5.64. The number of hydrogen-bond donors (Lipinski definition) is 1. The van der Waals surface area contributed by atoms with E-state index in [2.05, 4.69) is 10.3 Å². The number of nitrogens with one attached hydrogen (secondary N) is 1. The minimum Gasteiger partial charge on any atom is -0.383 e. The average Bonchev–Trinajstić information content (AvgIpc) is 2.95. The van der Waals surface area contributed by atoms with E-state index in [0.717, 1.165) is 10.6 Å². The van der Waals surface area contributed by atoms with E-state index in [4.69, 9.17) is 4.74 Å². The van der Waals surface area contributed by atoms with Crippen molar-refractivity contribution in [3.8, 4) is 10.6 Å². The third-order valence-electron chi connectivity index (χ3n) is 2.82. The smallest absolute Gasteiger partial charge is 0.244 e. The highest BCUT2D eigenvalue weighted by atomic mass is 32.1. The van der Waals surface area contributed by atoms with Crippen LogP contribution in [0, 0.1) is 5.82 Å². The van der Waals surface area contributed by atoms with E-state index in [-0.39, 0.29) is 17.8 Å². The summed E-state index contributed by atoms with van der Waals surface area (Å²) in [4.78, 5) is 16.1. The van der Waals surface area contributed by atoms with Gasteiger partial charge in [0.25, 0.3) is 0 Å². The van der Waals surface area contributed by atoms with Crippen LogP contribution in [-0.4, -0.2) is 30.6 Å². The van der Waals surface area contributed by atoms with Crippen LogP contribution in [0.2, 0.25) is 0 Å². The van der Waals surface area contributed by atoms with Crippen LogP contribution in [0.25, 0.3) is 16.6 Å². The van der Waals surface area contributed by atoms with Crippen molar-refractivity contribution in [1.29, 1.82) is 0 Å². The minimum absolute atomic E-state index is 0.0487. The average molecular weight is 320 g/mol. The van der Waals surface area contributed by atoms with Gasteiger partial charge in [0.2, 0.25) is 5.91 Å². The highest BCUT2D eigenvalue weighted by molar-refractivity contribution is 7.13. The number of carbonyl (C=O) groups is 1. The first-order valence-corrected chi connectivity index (χ1v) is 7.65. The van der Waals surface area contributed by atoms with Crippen molar-refractivity contribution in [3.05, 3.63) is 47.2 Å². The summed E-state index contributed by atoms with van der Waals surface area (Å²) in [5, 5.41) is 5.41. The van der Waals surface area contributed by atoms with Gasteiger partial charge in [0.15, 0.2) is 0 Å². The van der Waals surface area contributed by atoms with Crippen LogP contribution in [0.4, 0.5) is 4.39 Å². The van der Waals surface area contributed by atoms with Crippen molar-refractivity contribution in [2.24, 2.45) is 0 Å². The molecule has 0 spiro atoms. The second kappa shape index (κ2) is 7.82. The summed E-state index contributed by atoms with van der Waals surface area (Å²) in [6, 6.07) is 6.11. The Kier molecular flexibility index (Phi) is 5.80. The summed E-state index contributed by atoms with van der Waals surface area (Å²) in [5.41, 5.74) is 1.54. The molecule has 1 amide bonds. The SMILES string of the molecule is COCC(C)NC(=O)/C=C/c1csc(-c2ccc(F)cc2)n1. The van der Waals surface area contributed by atoms with Gasteiger partial charge in [-0.3, -0.25) is 4.79 Å². The summed E-state index contributed by atoms with van der Waals surface area (Å²) in [5.74, 6) is -0.469. The molecule has 0 saturated carbocycles. The maximum atomic E-state index is 12.9. The molecule has 2 rings (SSSR count). The Labute approximate surface area is 132 Å². The molecule has 0 bridgehead atoms. The number of aromatic nitrogens is 1. The predicted octanol–water partition coefficient (Wildman–Crippen LogP) is 3.11. The van der Waals surface area contributed by atoms with Crippen LogP contribution in [0.3, 0.4) is 0 Å². The summed E-state index contributed by atoms with van der Waals surface area (Å²) in [7, 11) is 1.59. The molecular formula is C16H17FN2O2S. The fourth-order valence-corrected chi connectivity index (χ4v) is 2.63. The summed E-state index contributed by atoms with van der Waals surface area (Å²) in [6.45, 7) is 2.33. The summed E-state index contributed by atoms with van der Waals surface area (Å²) >= 11 is 1.45. The van der Waals surface area contributed by atoms with E-state index in [0.29, 0.717) is 12.3 Å². The molecule has 0 aliphatic rings. The molecule has 1 N–H and O–H groups in total. The molecule has 0 aliphatic carbocycles. The monoisotopic (exact) mass is 320 g/mol. The normalized spacial score (nSPS) is 12.5. The van der Waals surface area contributed by atoms with Gasteiger partial charge in [-0.1, -0.05) is 0 Å². The lowest BCUT2D eigenvalue weighted by atomic mass is 10.2. The summed E-state index contributed by atoms with van der Waals surface area (Å²) in [6.07, 6.45) is 3.09. The van der Waals surface area contributed by atoms with Crippen LogP contribution in [0.1, 0.15) is 12.6 Å². The molecule has 0 aliphatic heterocycles. The van der Waals surface area contributed by atoms with Crippen molar-refractivity contribution < 1.29 is 13.9 Å². The Balaban J connectivity index is 1.98. The van der Waals surface area contributed by atoms with E-state index in [1.54, 1.807) is 25.3 Å². The van der Waals surface area contributed by atoms with Gasteiger partial charge in [0.05, 0.1) is 12.3 Å². The van der Waals surface area contributed by atoms with Gasteiger partial charge in [0, 0.05) is 30.2 Å². The molecule has 0 fully saturated rings. The first kappa shape index (κ1) is 16.3. The first-order chi connectivity index (χ1) is 10.6. The number of rotatable bonds is 6. The van der Waals surface area contributed by atoms with Gasteiger partial charge in [-0.25, -0.2) is 9.37 Å². The standard InChI is InChI=1S/C16H17FN2O2S/c1-11(9-21-2)18-15(20)8-7-14-10-22-16(19-14)12-3-5-13(17)6-4-12/h3-8,10-11H,9H2,1-2H3,(H,18,20)/b8-7+. The lowest BCUT2D eigenvalue weighted by Crippen LogP contribution is -2.34. The lowest BCUT2D eigenvalue weighted by Gasteiger charge is -2.10. The van der Waals surface area contributed by atoms with Crippen LogP contribution >= 0.6 is 11.3 Å². The Bertz CT molecular complexity index is 652. The van der Waals surface area contributed by atoms with Gasteiger partial charge in [-0.2, -0.15) is 0 Å². The molecule has 0 saturated heterocycles. The van der Waals surface area contributed by atoms with Gasteiger partial charge < -0.3 is 10.1 Å². The Hall–Kier alpha value is -2.05. The van der Waals surface area contributed by atoms with Gasteiger partial charge in [-0.05, 0) is 37.3 Å². The number of nitrogens with zero attached hydrogens (tertiary/aromatic N) is 1. The number of ether oxygens (including phenoxy) is 1. The van der Waals surface area contributed by atoms with Crippen LogP contribution in [0.5, 0.6) is 0 Å². The van der Waals surface area contributed by atoms with E-state index in [1.165, 1.54) is 29.5 Å². The number of thiazole rings is 1. The number of benzene rings is 1. The Morgan fingerprint density at radius 2 is 2.18 bits per heavy atom. The van der Waals surface area contributed by atoms with E-state index < -0.39 is 0 Å². The molecular weight excluding hydrogens is 303 g/mol. The molecule has 1 aromatic carbocycles. The fraction of sp³-hybridized carbons (Fsp3) is 0.250. The number of hydrogen-bond acceptors (Lipinski definition) is 4. The Morgan fingerprint density at radius 3 is 2.86 bits per heavy atom. The number of carbonyl (C=O) groups excluding carboxylic acids is 1. The maximum Gasteiger partial charge on any atom is 0.244 e. The number of halogens is 1. The van der Waals surface area contributed by atoms with Crippen molar-refractivity contribution in [1.82, 2.24) is 10.3 Å². The molecule has 0 radical (unpaired) electrons. The first-order valence-electron chi connectivity index (χ1n) is 6.77. The van der Waals surface area contributed by atoms with Crippen LogP contribution in [0.15, 0.2) is 35.7 Å². The minimum atomic E-state index is -0.276. The quantitative estimate of drug-likeness (QED) is 0.832. The molecule has 4 nitrogen and oxygen atoms in total. The highest BCUT2D eigenvalue weighted by Gasteiger charge is 2.05. The zero-order valence-corrected chi connectivity index (χ0v) is 13.2. The van der Waals surface area contributed by atoms with Crippen molar-refractivity contribution >= 4 is 23.3 Å². The zero-order chi connectivity index (χ0) is 15.9. The number of amides is 1. The predicted molar refractivity (Wildman–Crippen MR) is 86.0 cm³/mol. The topological polar surface area (TPSA) is 51.2 Å². The molecule has 116 valence electrons. The molecule has 2 aromatic rings. The molecule has 22 heavy (non-hydrogen) atoms. The largest absolute Gasteiger partial charge is 0.383 e. The molecule has 1 atom stereocenters. The lowest BCUT2D eigenvalue weighted by molar-refractivity contribution is -0.117. The van der Waals surface area contributed by atoms with Gasteiger partial charge in [-0.15, -0.1) is 11.3 Å². The van der Waals surface area contributed by atoms with E-state index in [9.17, 15) is 9.18 Å². The van der Waals surface area contributed by atoms with Crippen LogP contribution in [-0.2, 0) is 9.53 Å². The Morgan fingerprint density at radius 1 is 1.45 bits per heavy atom. The molecule has 1 unspecified atom stereocenters. The third-order valence-corrected chi connectivity index (χ3v) is 3.73. The highest BCUT2D eigenvalue weighted by Crippen LogP contribution is 2.24. The maximum absolute atomic E-state index is 12.9. The molecule has 1 aromatic heterocycles. The van der Waals surface area contributed by atoms with Crippen molar-refractivity contribution in [2.75, 3.05) is 13.7 Å².